The fourth-order valence-electron chi connectivity index (χ4n) is 3.14. The van der Waals surface area contributed by atoms with Crippen LogP contribution in [-0.4, -0.2) is 26.8 Å². The molecule has 0 radical (unpaired) electrons. The molecule has 0 aliphatic rings. The second-order valence-corrected chi connectivity index (χ2v) is 7.39. The van der Waals surface area contributed by atoms with E-state index in [9.17, 15) is 9.59 Å². The Morgan fingerprint density at radius 2 is 1.75 bits per heavy atom. The topological polar surface area (TPSA) is 89.2 Å². The van der Waals surface area contributed by atoms with Crippen LogP contribution < -0.4 is 5.84 Å². The minimum absolute atomic E-state index is 0.00556. The number of aromatic nitrogens is 2. The molecule has 0 saturated heterocycles. The van der Waals surface area contributed by atoms with Crippen molar-refractivity contribution in [3.63, 3.8) is 0 Å². The molecule has 0 spiro atoms. The fraction of sp³-hybridized carbons (Fsp3) is 0.0400. The summed E-state index contributed by atoms with van der Waals surface area (Å²) in [7, 11) is 0. The summed E-state index contributed by atoms with van der Waals surface area (Å²) in [4.78, 5) is 34.1. The van der Waals surface area contributed by atoms with E-state index in [1.54, 1.807) is 43.5 Å². The van der Waals surface area contributed by atoms with Crippen LogP contribution in [0.4, 0.5) is 0 Å². The highest BCUT2D eigenvalue weighted by molar-refractivity contribution is 6.34. The monoisotopic (exact) mass is 440 g/mol. The molecule has 0 bridgehead atoms. The van der Waals surface area contributed by atoms with Gasteiger partial charge in [-0.25, -0.2) is 15.8 Å². The summed E-state index contributed by atoms with van der Waals surface area (Å²) in [6.45, 7) is 1.72. The molecule has 2 heterocycles. The maximum atomic E-state index is 12.8. The van der Waals surface area contributed by atoms with Gasteiger partial charge in [-0.3, -0.25) is 14.6 Å². The molecule has 0 saturated carbocycles. The fourth-order valence-corrected chi connectivity index (χ4v) is 3.44. The highest BCUT2D eigenvalue weighted by Gasteiger charge is 2.25. The number of rotatable bonds is 2. The Bertz CT molecular complexity index is 1400. The molecular weight excluding hydrogens is 424 g/mol. The van der Waals surface area contributed by atoms with Crippen molar-refractivity contribution in [3.05, 3.63) is 106 Å². The van der Waals surface area contributed by atoms with E-state index in [2.05, 4.69) is 21.8 Å². The molecule has 4 rings (SSSR count). The minimum atomic E-state index is -0.759. The molecule has 6 nitrogen and oxygen atoms in total. The van der Waals surface area contributed by atoms with Crippen molar-refractivity contribution >= 4 is 34.3 Å². The number of para-hydroxylation sites is 1. The van der Waals surface area contributed by atoms with Crippen LogP contribution in [0.1, 0.15) is 37.7 Å². The molecule has 2 amide bonds. The average molecular weight is 441 g/mol. The van der Waals surface area contributed by atoms with Crippen LogP contribution in [0.25, 0.3) is 10.9 Å². The van der Waals surface area contributed by atoms with E-state index in [0.29, 0.717) is 21.8 Å². The third-order valence-corrected chi connectivity index (χ3v) is 5.08. The van der Waals surface area contributed by atoms with Gasteiger partial charge in [-0.05, 0) is 48.7 Å². The van der Waals surface area contributed by atoms with Crippen molar-refractivity contribution in [1.29, 1.82) is 0 Å². The summed E-state index contributed by atoms with van der Waals surface area (Å²) in [5.74, 6) is 10.3. The van der Waals surface area contributed by atoms with E-state index in [4.69, 9.17) is 17.4 Å². The first kappa shape index (κ1) is 21.2. The Balaban J connectivity index is 1.58. The molecule has 0 unspecified atom stereocenters. The van der Waals surface area contributed by atoms with E-state index in [-0.39, 0.29) is 16.3 Å². The van der Waals surface area contributed by atoms with Gasteiger partial charge in [0.15, 0.2) is 0 Å². The molecular formula is C25H17ClN4O2. The van der Waals surface area contributed by atoms with Gasteiger partial charge in [0.05, 0.1) is 16.1 Å². The van der Waals surface area contributed by atoms with Crippen LogP contribution in [-0.2, 0) is 0 Å². The zero-order valence-electron chi connectivity index (χ0n) is 17.0. The number of nitrogens with two attached hydrogens (primary N) is 1. The number of fused-ring (bicyclic) bond motifs is 1. The maximum Gasteiger partial charge on any atom is 0.293 e. The van der Waals surface area contributed by atoms with Crippen molar-refractivity contribution in [3.8, 4) is 11.8 Å². The van der Waals surface area contributed by atoms with Gasteiger partial charge in [0.1, 0.15) is 11.4 Å². The number of amides is 2. The predicted octanol–water partition coefficient (Wildman–Crippen LogP) is 4.15. The summed E-state index contributed by atoms with van der Waals surface area (Å²) in [5.41, 5.74) is 2.73. The zero-order valence-corrected chi connectivity index (χ0v) is 17.8. The summed E-state index contributed by atoms with van der Waals surface area (Å²) in [6.07, 6.45) is 1.68. The lowest BCUT2D eigenvalue weighted by molar-refractivity contribution is 0.0611. The first-order valence-corrected chi connectivity index (χ1v) is 10.0. The number of aryl methyl sites for hydroxylation is 1. The third kappa shape index (κ3) is 4.35. The van der Waals surface area contributed by atoms with Gasteiger partial charge in [0, 0.05) is 17.1 Å². The van der Waals surface area contributed by atoms with E-state index < -0.39 is 11.8 Å². The lowest BCUT2D eigenvalue weighted by Gasteiger charge is -2.16. The SMILES string of the molecule is Cc1cccc(Cl)c1C(=O)N(N)C(=O)c1cccc(C#Cc2cnc3ccccc3c2)n1. The second-order valence-electron chi connectivity index (χ2n) is 6.99. The van der Waals surface area contributed by atoms with E-state index in [1.165, 1.54) is 6.07 Å². The summed E-state index contributed by atoms with van der Waals surface area (Å²) < 4.78 is 0. The third-order valence-electron chi connectivity index (χ3n) is 4.77. The first-order chi connectivity index (χ1) is 15.4. The Morgan fingerprint density at radius 3 is 2.56 bits per heavy atom. The number of carbonyl (C=O) groups excluding carboxylic acids is 2. The van der Waals surface area contributed by atoms with Crippen LogP contribution in [0.15, 0.2) is 72.9 Å². The Hall–Kier alpha value is -4.05. The van der Waals surface area contributed by atoms with Gasteiger partial charge in [-0.2, -0.15) is 0 Å². The Labute approximate surface area is 189 Å². The largest absolute Gasteiger partial charge is 0.293 e. The average Bonchev–Trinajstić information content (AvgIpc) is 2.81. The molecule has 156 valence electrons. The number of hydrogen-bond acceptors (Lipinski definition) is 5. The van der Waals surface area contributed by atoms with Crippen molar-refractivity contribution < 1.29 is 9.59 Å². The molecule has 0 aliphatic heterocycles. The lowest BCUT2D eigenvalue weighted by atomic mass is 10.1. The van der Waals surface area contributed by atoms with Gasteiger partial charge < -0.3 is 0 Å². The Kier molecular flexibility index (Phi) is 5.95. The van der Waals surface area contributed by atoms with Gasteiger partial charge >= 0.3 is 0 Å². The van der Waals surface area contributed by atoms with Crippen LogP contribution in [0.5, 0.6) is 0 Å². The summed E-state index contributed by atoms with van der Waals surface area (Å²) >= 11 is 6.13. The molecule has 2 aromatic heterocycles. The van der Waals surface area contributed by atoms with Crippen molar-refractivity contribution in [1.82, 2.24) is 15.0 Å². The summed E-state index contributed by atoms with van der Waals surface area (Å²) in [6, 6.07) is 19.4. The standard InChI is InChI=1S/C25H17ClN4O2/c1-16-6-4-9-20(26)23(16)25(32)30(27)24(31)22-11-5-8-19(29-22)13-12-17-14-18-7-2-3-10-21(18)28-15-17/h2-11,14-15H,27H2,1H3. The van der Waals surface area contributed by atoms with E-state index in [1.807, 2.05) is 30.3 Å². The highest BCUT2D eigenvalue weighted by Crippen LogP contribution is 2.21. The molecule has 7 heteroatoms. The van der Waals surface area contributed by atoms with Gasteiger partial charge in [0.25, 0.3) is 11.8 Å². The van der Waals surface area contributed by atoms with Gasteiger partial charge in [0.2, 0.25) is 0 Å². The minimum Gasteiger partial charge on any atom is -0.267 e. The van der Waals surface area contributed by atoms with E-state index >= 15 is 0 Å². The van der Waals surface area contributed by atoms with Crippen LogP contribution in [0, 0.1) is 18.8 Å². The number of hydrogen-bond donors (Lipinski definition) is 1. The number of imide groups is 1. The molecule has 32 heavy (non-hydrogen) atoms. The number of pyridine rings is 2. The molecule has 2 N–H and O–H groups in total. The molecule has 0 aliphatic carbocycles. The number of carbonyl (C=O) groups is 2. The predicted molar refractivity (Wildman–Crippen MR) is 123 cm³/mol. The van der Waals surface area contributed by atoms with Crippen LogP contribution in [0.2, 0.25) is 5.02 Å². The number of nitrogens with zero attached hydrogens (tertiary/aromatic N) is 3. The highest BCUT2D eigenvalue weighted by atomic mass is 35.5. The first-order valence-electron chi connectivity index (χ1n) is 9.66. The Morgan fingerprint density at radius 1 is 0.969 bits per heavy atom. The molecule has 0 atom stereocenters. The normalized spacial score (nSPS) is 10.3. The summed E-state index contributed by atoms with van der Waals surface area (Å²) in [5, 5.41) is 1.71. The maximum absolute atomic E-state index is 12.8. The van der Waals surface area contributed by atoms with Crippen molar-refractivity contribution in [2.45, 2.75) is 6.92 Å². The quantitative estimate of drug-likeness (QED) is 0.166. The molecule has 0 fully saturated rings. The van der Waals surface area contributed by atoms with Crippen molar-refractivity contribution in [2.75, 3.05) is 0 Å². The second kappa shape index (κ2) is 8.98. The number of hydrazine groups is 1. The lowest BCUT2D eigenvalue weighted by Crippen LogP contribution is -2.43. The van der Waals surface area contributed by atoms with Crippen LogP contribution >= 0.6 is 11.6 Å². The zero-order chi connectivity index (χ0) is 22.7. The number of benzene rings is 2. The molecule has 2 aromatic carbocycles. The van der Waals surface area contributed by atoms with Gasteiger partial charge in [-0.1, -0.05) is 53.9 Å². The van der Waals surface area contributed by atoms with Crippen LogP contribution in [0.3, 0.4) is 0 Å². The number of halogens is 1. The smallest absolute Gasteiger partial charge is 0.267 e. The van der Waals surface area contributed by atoms with Gasteiger partial charge in [-0.15, -0.1) is 0 Å². The molecule has 4 aromatic rings. The van der Waals surface area contributed by atoms with E-state index in [0.717, 1.165) is 10.9 Å². The van der Waals surface area contributed by atoms with Crippen molar-refractivity contribution in [2.24, 2.45) is 5.84 Å².